The van der Waals surface area contributed by atoms with Gasteiger partial charge in [-0.2, -0.15) is 0 Å². The Balaban J connectivity index is 1.93. The molecule has 1 heterocycles. The van der Waals surface area contributed by atoms with E-state index < -0.39 is 0 Å². The monoisotopic (exact) mass is 294 g/mol. The number of ether oxygens (including phenoxy) is 2. The van der Waals surface area contributed by atoms with Crippen molar-refractivity contribution >= 4 is 5.78 Å². The molecular formula is C19H18O3. The van der Waals surface area contributed by atoms with Crippen molar-refractivity contribution in [1.82, 2.24) is 0 Å². The van der Waals surface area contributed by atoms with Crippen molar-refractivity contribution in [2.45, 2.75) is 31.3 Å². The lowest BCUT2D eigenvalue weighted by Crippen LogP contribution is -2.47. The van der Waals surface area contributed by atoms with Gasteiger partial charge in [0.15, 0.2) is 5.78 Å². The van der Waals surface area contributed by atoms with Crippen molar-refractivity contribution in [3.05, 3.63) is 59.2 Å². The quantitative estimate of drug-likeness (QED) is 0.804. The summed E-state index contributed by atoms with van der Waals surface area (Å²) in [4.78, 5) is 13.0. The highest BCUT2D eigenvalue weighted by molar-refractivity contribution is 6.05. The first-order valence-electron chi connectivity index (χ1n) is 7.52. The Bertz CT molecular complexity index is 776. The molecule has 2 atom stereocenters. The molecule has 1 aliphatic heterocycles. The van der Waals surface area contributed by atoms with Crippen LogP contribution in [0.25, 0.3) is 0 Å². The van der Waals surface area contributed by atoms with Crippen LogP contribution >= 0.6 is 0 Å². The molecule has 2 aromatic rings. The first kappa shape index (κ1) is 13.4. The average molecular weight is 294 g/mol. The fourth-order valence-electron chi connectivity index (χ4n) is 3.77. The summed E-state index contributed by atoms with van der Waals surface area (Å²) in [6.45, 7) is 4.28. The summed E-state index contributed by atoms with van der Waals surface area (Å²) in [6.07, 6.45) is -0.169. The van der Waals surface area contributed by atoms with Crippen LogP contribution in [0.2, 0.25) is 0 Å². The van der Waals surface area contributed by atoms with E-state index in [0.29, 0.717) is 0 Å². The van der Waals surface area contributed by atoms with Crippen molar-refractivity contribution in [2.75, 3.05) is 7.11 Å². The molecule has 3 heteroatoms. The minimum absolute atomic E-state index is 0.145. The first-order valence-corrected chi connectivity index (χ1v) is 7.52. The molecule has 3 nitrogen and oxygen atoms in total. The Morgan fingerprint density at radius 1 is 1.14 bits per heavy atom. The van der Waals surface area contributed by atoms with Crippen LogP contribution in [0, 0.1) is 0 Å². The van der Waals surface area contributed by atoms with Gasteiger partial charge in [0.1, 0.15) is 17.6 Å². The van der Waals surface area contributed by atoms with Gasteiger partial charge >= 0.3 is 0 Å². The number of ketones is 1. The third-order valence-electron chi connectivity index (χ3n) is 4.99. The maximum Gasteiger partial charge on any atom is 0.174 e. The molecular weight excluding hydrogens is 276 g/mol. The lowest BCUT2D eigenvalue weighted by molar-refractivity contribution is 0.0739. The topological polar surface area (TPSA) is 35.5 Å². The molecule has 2 aliphatic rings. The number of carbonyl (C=O) groups excluding carboxylic acids is 1. The number of hydrogen-bond donors (Lipinski definition) is 0. The summed E-state index contributed by atoms with van der Waals surface area (Å²) < 4.78 is 11.5. The Morgan fingerprint density at radius 3 is 2.68 bits per heavy atom. The Kier molecular flexibility index (Phi) is 2.65. The Labute approximate surface area is 129 Å². The molecule has 0 saturated heterocycles. The second-order valence-corrected chi connectivity index (χ2v) is 6.55. The molecule has 0 bridgehead atoms. The van der Waals surface area contributed by atoms with Gasteiger partial charge in [-0.05, 0) is 29.8 Å². The van der Waals surface area contributed by atoms with Gasteiger partial charge in [0.05, 0.1) is 13.0 Å². The zero-order chi connectivity index (χ0) is 15.5. The highest BCUT2D eigenvalue weighted by atomic mass is 16.5. The summed E-state index contributed by atoms with van der Waals surface area (Å²) in [5, 5.41) is 0. The van der Waals surface area contributed by atoms with Gasteiger partial charge in [0.2, 0.25) is 0 Å². The standard InChI is InChI=1S/C19H18O3/c1-19(2)14-10-11(21-3)8-9-12(14)17(20)16-13-6-4-5-7-15(13)22-18(16)19/h4-10,16,18H,1-3H3. The van der Waals surface area contributed by atoms with Crippen molar-refractivity contribution in [2.24, 2.45) is 0 Å². The lowest BCUT2D eigenvalue weighted by atomic mass is 9.65. The zero-order valence-electron chi connectivity index (χ0n) is 12.9. The van der Waals surface area contributed by atoms with Gasteiger partial charge in [-0.15, -0.1) is 0 Å². The third kappa shape index (κ3) is 1.59. The van der Waals surface area contributed by atoms with E-state index in [1.165, 1.54) is 0 Å². The fraction of sp³-hybridized carbons (Fsp3) is 0.316. The van der Waals surface area contributed by atoms with Crippen LogP contribution in [-0.2, 0) is 5.41 Å². The minimum atomic E-state index is -0.262. The molecule has 0 radical (unpaired) electrons. The number of methoxy groups -OCH3 is 1. The SMILES string of the molecule is COc1ccc2c(c1)C(C)(C)C1Oc3ccccc3C1C2=O. The van der Waals surface area contributed by atoms with E-state index in [2.05, 4.69) is 13.8 Å². The second kappa shape index (κ2) is 4.35. The molecule has 0 saturated carbocycles. The molecule has 2 aromatic carbocycles. The smallest absolute Gasteiger partial charge is 0.174 e. The van der Waals surface area contributed by atoms with E-state index in [1.54, 1.807) is 7.11 Å². The molecule has 0 fully saturated rings. The highest BCUT2D eigenvalue weighted by Crippen LogP contribution is 2.52. The summed E-state index contributed by atoms with van der Waals surface area (Å²) in [6, 6.07) is 13.6. The van der Waals surface area contributed by atoms with Gasteiger partial charge in [-0.3, -0.25) is 4.79 Å². The van der Waals surface area contributed by atoms with Crippen LogP contribution in [0.15, 0.2) is 42.5 Å². The molecule has 0 aromatic heterocycles. The molecule has 0 amide bonds. The molecule has 22 heavy (non-hydrogen) atoms. The lowest BCUT2D eigenvalue weighted by Gasteiger charge is -2.40. The average Bonchev–Trinajstić information content (AvgIpc) is 2.93. The van der Waals surface area contributed by atoms with E-state index in [1.807, 2.05) is 42.5 Å². The zero-order valence-corrected chi connectivity index (χ0v) is 12.9. The van der Waals surface area contributed by atoms with Gasteiger partial charge in [-0.1, -0.05) is 32.0 Å². The van der Waals surface area contributed by atoms with E-state index >= 15 is 0 Å². The fourth-order valence-corrected chi connectivity index (χ4v) is 3.77. The van der Waals surface area contributed by atoms with Crippen LogP contribution in [0.3, 0.4) is 0 Å². The highest BCUT2D eigenvalue weighted by Gasteiger charge is 2.53. The largest absolute Gasteiger partial charge is 0.497 e. The van der Waals surface area contributed by atoms with E-state index in [4.69, 9.17) is 9.47 Å². The number of rotatable bonds is 1. The third-order valence-corrected chi connectivity index (χ3v) is 4.99. The number of carbonyl (C=O) groups is 1. The summed E-state index contributed by atoms with van der Waals surface area (Å²) in [5.74, 6) is 1.53. The van der Waals surface area contributed by atoms with Crippen LogP contribution in [0.5, 0.6) is 11.5 Å². The van der Waals surface area contributed by atoms with Crippen molar-refractivity contribution in [3.8, 4) is 11.5 Å². The van der Waals surface area contributed by atoms with Crippen molar-refractivity contribution in [1.29, 1.82) is 0 Å². The van der Waals surface area contributed by atoms with E-state index in [-0.39, 0.29) is 23.2 Å². The van der Waals surface area contributed by atoms with Crippen molar-refractivity contribution < 1.29 is 14.3 Å². The van der Waals surface area contributed by atoms with Crippen molar-refractivity contribution in [3.63, 3.8) is 0 Å². The molecule has 0 N–H and O–H groups in total. The van der Waals surface area contributed by atoms with E-state index in [0.717, 1.165) is 28.2 Å². The Hall–Kier alpha value is -2.29. The summed E-state index contributed by atoms with van der Waals surface area (Å²) >= 11 is 0. The minimum Gasteiger partial charge on any atom is -0.497 e. The Morgan fingerprint density at radius 2 is 1.91 bits per heavy atom. The number of benzene rings is 2. The molecule has 2 unspecified atom stereocenters. The molecule has 0 spiro atoms. The number of Topliss-reactive ketones (excluding diaryl/α,β-unsaturated/α-hetero) is 1. The van der Waals surface area contributed by atoms with E-state index in [9.17, 15) is 4.79 Å². The van der Waals surface area contributed by atoms with Gasteiger partial charge in [0.25, 0.3) is 0 Å². The van der Waals surface area contributed by atoms with Crippen LogP contribution in [-0.4, -0.2) is 19.0 Å². The second-order valence-electron chi connectivity index (χ2n) is 6.55. The van der Waals surface area contributed by atoms with Gasteiger partial charge < -0.3 is 9.47 Å². The molecule has 4 rings (SSSR count). The number of fused-ring (bicyclic) bond motifs is 4. The molecule has 112 valence electrons. The van der Waals surface area contributed by atoms with Crippen LogP contribution < -0.4 is 9.47 Å². The number of hydrogen-bond acceptors (Lipinski definition) is 3. The van der Waals surface area contributed by atoms with Gasteiger partial charge in [0, 0.05) is 16.5 Å². The normalized spacial score (nSPS) is 24.0. The first-order chi connectivity index (χ1) is 10.5. The maximum absolute atomic E-state index is 13.0. The van der Waals surface area contributed by atoms with Crippen LogP contribution in [0.1, 0.15) is 41.3 Å². The summed E-state index contributed by atoms with van der Waals surface area (Å²) in [5.41, 5.74) is 2.53. The summed E-state index contributed by atoms with van der Waals surface area (Å²) in [7, 11) is 1.64. The van der Waals surface area contributed by atoms with Crippen LogP contribution in [0.4, 0.5) is 0 Å². The molecule has 1 aliphatic carbocycles. The van der Waals surface area contributed by atoms with Gasteiger partial charge in [-0.25, -0.2) is 0 Å². The predicted octanol–water partition coefficient (Wildman–Crippen LogP) is 3.71. The predicted molar refractivity (Wildman–Crippen MR) is 83.9 cm³/mol. The number of para-hydroxylation sites is 1. The maximum atomic E-state index is 13.0.